The van der Waals surface area contributed by atoms with Crippen LogP contribution in [0.25, 0.3) is 6.08 Å². The van der Waals surface area contributed by atoms with Crippen LogP contribution >= 0.6 is 0 Å². The van der Waals surface area contributed by atoms with Crippen LogP contribution in [0, 0.1) is 5.92 Å². The second kappa shape index (κ2) is 7.92. The van der Waals surface area contributed by atoms with Crippen molar-refractivity contribution in [3.63, 3.8) is 0 Å². The first-order chi connectivity index (χ1) is 10.6. The van der Waals surface area contributed by atoms with Gasteiger partial charge in [0.1, 0.15) is 0 Å². The van der Waals surface area contributed by atoms with Crippen LogP contribution in [0.15, 0.2) is 48.6 Å². The number of morpholine rings is 1. The summed E-state index contributed by atoms with van der Waals surface area (Å²) in [6.07, 6.45) is 2.60. The van der Waals surface area contributed by atoms with Crippen LogP contribution in [0.3, 0.4) is 0 Å². The first kappa shape index (κ1) is 16.5. The fourth-order valence-corrected chi connectivity index (χ4v) is 2.51. The summed E-state index contributed by atoms with van der Waals surface area (Å²) < 4.78 is 5.26. The highest BCUT2D eigenvalue weighted by molar-refractivity contribution is 5.82. The van der Waals surface area contributed by atoms with E-state index in [0.717, 1.165) is 5.56 Å². The summed E-state index contributed by atoms with van der Waals surface area (Å²) in [5, 5.41) is 10.4. The maximum atomic E-state index is 12.6. The SMILES string of the molecule is C=C(C)C(C(=O)N1CCOCC1)C(O)/C=C/c1ccccc1. The van der Waals surface area contributed by atoms with Crippen molar-refractivity contribution >= 4 is 12.0 Å². The van der Waals surface area contributed by atoms with Crippen molar-refractivity contribution in [3.05, 3.63) is 54.1 Å². The Kier molecular flexibility index (Phi) is 5.92. The molecule has 0 saturated carbocycles. The first-order valence-corrected chi connectivity index (χ1v) is 7.53. The summed E-state index contributed by atoms with van der Waals surface area (Å²) in [6, 6.07) is 9.69. The molecule has 2 unspecified atom stereocenters. The molecule has 0 spiro atoms. The molecule has 2 atom stereocenters. The second-order valence-electron chi connectivity index (χ2n) is 5.52. The van der Waals surface area contributed by atoms with Gasteiger partial charge in [0.15, 0.2) is 0 Å². The monoisotopic (exact) mass is 301 g/mol. The lowest BCUT2D eigenvalue weighted by molar-refractivity contribution is -0.140. The molecule has 2 rings (SSSR count). The molecule has 1 amide bonds. The van der Waals surface area contributed by atoms with Crippen molar-refractivity contribution in [2.45, 2.75) is 13.0 Å². The van der Waals surface area contributed by atoms with Crippen molar-refractivity contribution in [1.82, 2.24) is 4.90 Å². The molecule has 0 bridgehead atoms. The van der Waals surface area contributed by atoms with Crippen molar-refractivity contribution in [1.29, 1.82) is 0 Å². The lowest BCUT2D eigenvalue weighted by Crippen LogP contribution is -2.46. The number of carbonyl (C=O) groups excluding carboxylic acids is 1. The number of aliphatic hydroxyl groups is 1. The molecule has 1 saturated heterocycles. The van der Waals surface area contributed by atoms with Gasteiger partial charge in [-0.15, -0.1) is 0 Å². The lowest BCUT2D eigenvalue weighted by atomic mass is 9.92. The highest BCUT2D eigenvalue weighted by atomic mass is 16.5. The van der Waals surface area contributed by atoms with Gasteiger partial charge in [-0.3, -0.25) is 4.79 Å². The highest BCUT2D eigenvalue weighted by Gasteiger charge is 2.30. The van der Waals surface area contributed by atoms with E-state index >= 15 is 0 Å². The van der Waals surface area contributed by atoms with Gasteiger partial charge in [0, 0.05) is 13.1 Å². The minimum absolute atomic E-state index is 0.0824. The topological polar surface area (TPSA) is 49.8 Å². The van der Waals surface area contributed by atoms with E-state index in [9.17, 15) is 9.90 Å². The summed E-state index contributed by atoms with van der Waals surface area (Å²) in [5.74, 6) is -0.695. The fourth-order valence-electron chi connectivity index (χ4n) is 2.51. The largest absolute Gasteiger partial charge is 0.388 e. The van der Waals surface area contributed by atoms with Crippen molar-refractivity contribution < 1.29 is 14.6 Å². The number of rotatable bonds is 5. The molecule has 1 aromatic carbocycles. The van der Waals surface area contributed by atoms with Crippen LogP contribution in [-0.2, 0) is 9.53 Å². The molecule has 1 aromatic rings. The molecular weight excluding hydrogens is 278 g/mol. The summed E-state index contributed by atoms with van der Waals surface area (Å²) in [6.45, 7) is 7.88. The van der Waals surface area contributed by atoms with Gasteiger partial charge >= 0.3 is 0 Å². The molecule has 0 aromatic heterocycles. The molecule has 4 heteroatoms. The Morgan fingerprint density at radius 2 is 1.95 bits per heavy atom. The molecule has 1 aliphatic heterocycles. The molecule has 118 valence electrons. The normalized spacial score (nSPS) is 18.2. The standard InChI is InChI=1S/C18H23NO3/c1-14(2)17(18(21)19-10-12-22-13-11-19)16(20)9-8-15-6-4-3-5-7-15/h3-9,16-17,20H,1,10-13H2,2H3/b9-8+. The van der Waals surface area contributed by atoms with E-state index in [4.69, 9.17) is 4.74 Å². The van der Waals surface area contributed by atoms with Crippen LogP contribution < -0.4 is 0 Å². The van der Waals surface area contributed by atoms with E-state index in [1.807, 2.05) is 36.4 Å². The Labute approximate surface area is 131 Å². The van der Waals surface area contributed by atoms with Gasteiger partial charge in [-0.05, 0) is 12.5 Å². The van der Waals surface area contributed by atoms with Crippen LogP contribution in [0.4, 0.5) is 0 Å². The zero-order valence-corrected chi connectivity index (χ0v) is 12.9. The van der Waals surface area contributed by atoms with Crippen molar-refractivity contribution in [3.8, 4) is 0 Å². The predicted molar refractivity (Wildman–Crippen MR) is 87.2 cm³/mol. The van der Waals surface area contributed by atoms with E-state index in [-0.39, 0.29) is 5.91 Å². The van der Waals surface area contributed by atoms with Gasteiger partial charge in [0.05, 0.1) is 25.2 Å². The minimum atomic E-state index is -0.881. The van der Waals surface area contributed by atoms with E-state index in [1.165, 1.54) is 0 Å². The number of hydrogen-bond acceptors (Lipinski definition) is 3. The number of benzene rings is 1. The molecule has 1 N–H and O–H groups in total. The van der Waals surface area contributed by atoms with E-state index < -0.39 is 12.0 Å². The molecule has 1 aliphatic rings. The third-order valence-corrected chi connectivity index (χ3v) is 3.75. The van der Waals surface area contributed by atoms with Crippen LogP contribution in [0.5, 0.6) is 0 Å². The Balaban J connectivity index is 2.08. The zero-order chi connectivity index (χ0) is 15.9. The molecule has 1 fully saturated rings. The van der Waals surface area contributed by atoms with Gasteiger partial charge in [-0.1, -0.05) is 54.6 Å². The van der Waals surface area contributed by atoms with Crippen molar-refractivity contribution in [2.24, 2.45) is 5.92 Å². The number of carbonyl (C=O) groups is 1. The smallest absolute Gasteiger partial charge is 0.232 e. The number of ether oxygens (including phenoxy) is 1. The number of amides is 1. The van der Waals surface area contributed by atoms with E-state index in [0.29, 0.717) is 31.9 Å². The van der Waals surface area contributed by atoms with Gasteiger partial charge < -0.3 is 14.7 Å². The molecule has 0 aliphatic carbocycles. The Morgan fingerprint density at radius 1 is 1.32 bits per heavy atom. The summed E-state index contributed by atoms with van der Waals surface area (Å²) in [4.78, 5) is 14.3. The molecule has 1 heterocycles. The van der Waals surface area contributed by atoms with Gasteiger partial charge in [0.25, 0.3) is 0 Å². The summed E-state index contributed by atoms with van der Waals surface area (Å²) in [5.41, 5.74) is 1.66. The molecule has 22 heavy (non-hydrogen) atoms. The van der Waals surface area contributed by atoms with Crippen LogP contribution in [-0.4, -0.2) is 48.3 Å². The predicted octanol–water partition coefficient (Wildman–Crippen LogP) is 2.11. The van der Waals surface area contributed by atoms with E-state index in [1.54, 1.807) is 17.9 Å². The molecular formula is C18H23NO3. The molecule has 4 nitrogen and oxygen atoms in total. The van der Waals surface area contributed by atoms with Crippen molar-refractivity contribution in [2.75, 3.05) is 26.3 Å². The van der Waals surface area contributed by atoms with Crippen LogP contribution in [0.1, 0.15) is 12.5 Å². The summed E-state index contributed by atoms with van der Waals surface area (Å²) >= 11 is 0. The number of hydrogen-bond donors (Lipinski definition) is 1. The maximum absolute atomic E-state index is 12.6. The Bertz CT molecular complexity index is 533. The van der Waals surface area contributed by atoms with Gasteiger partial charge in [0.2, 0.25) is 5.91 Å². The third kappa shape index (κ3) is 4.29. The first-order valence-electron chi connectivity index (χ1n) is 7.53. The van der Waals surface area contributed by atoms with Crippen LogP contribution in [0.2, 0.25) is 0 Å². The third-order valence-electron chi connectivity index (χ3n) is 3.75. The zero-order valence-electron chi connectivity index (χ0n) is 12.9. The van der Waals surface area contributed by atoms with Gasteiger partial charge in [-0.25, -0.2) is 0 Å². The lowest BCUT2D eigenvalue weighted by Gasteiger charge is -2.31. The average Bonchev–Trinajstić information content (AvgIpc) is 2.54. The quantitative estimate of drug-likeness (QED) is 0.848. The van der Waals surface area contributed by atoms with E-state index in [2.05, 4.69) is 6.58 Å². The van der Waals surface area contributed by atoms with Gasteiger partial charge in [-0.2, -0.15) is 0 Å². The average molecular weight is 301 g/mol. The fraction of sp³-hybridized carbons (Fsp3) is 0.389. The Morgan fingerprint density at radius 3 is 2.55 bits per heavy atom. The highest BCUT2D eigenvalue weighted by Crippen LogP contribution is 2.20. The number of nitrogens with zero attached hydrogens (tertiary/aromatic N) is 1. The molecule has 0 radical (unpaired) electrons. The summed E-state index contributed by atoms with van der Waals surface area (Å²) in [7, 11) is 0. The minimum Gasteiger partial charge on any atom is -0.388 e. The maximum Gasteiger partial charge on any atom is 0.232 e. The second-order valence-corrected chi connectivity index (χ2v) is 5.52. The Hall–Kier alpha value is -1.91. The number of aliphatic hydroxyl groups excluding tert-OH is 1.